The molecule has 8 nitrogen and oxygen atoms in total. The molecular formula is C23H26N4O4S2. The van der Waals surface area contributed by atoms with Gasteiger partial charge in [-0.1, -0.05) is 12.1 Å². The van der Waals surface area contributed by atoms with Crippen LogP contribution in [0.2, 0.25) is 0 Å². The molecule has 2 N–H and O–H groups in total. The van der Waals surface area contributed by atoms with Crippen molar-refractivity contribution < 1.29 is 17.9 Å². The van der Waals surface area contributed by atoms with Crippen LogP contribution < -0.4 is 14.9 Å². The molecule has 4 rings (SSSR count). The second-order valence-corrected chi connectivity index (χ2v) is 10.5. The number of nitrogens with one attached hydrogen (secondary N) is 2. The number of carbonyl (C=O) groups is 1. The summed E-state index contributed by atoms with van der Waals surface area (Å²) in [6.07, 6.45) is 0. The van der Waals surface area contributed by atoms with Crippen molar-refractivity contribution >= 4 is 38.1 Å². The number of hydrogen-bond acceptors (Lipinski definition) is 7. The Labute approximate surface area is 197 Å². The summed E-state index contributed by atoms with van der Waals surface area (Å²) in [6.45, 7) is 6.62. The van der Waals surface area contributed by atoms with E-state index in [0.29, 0.717) is 24.5 Å². The van der Waals surface area contributed by atoms with Gasteiger partial charge < -0.3 is 15.0 Å². The molecule has 1 aromatic heterocycles. The highest BCUT2D eigenvalue weighted by atomic mass is 32.2. The van der Waals surface area contributed by atoms with Crippen LogP contribution in [0.15, 0.2) is 46.7 Å². The van der Waals surface area contributed by atoms with Crippen LogP contribution in [0, 0.1) is 13.8 Å². The number of morpholine rings is 1. The van der Waals surface area contributed by atoms with Crippen molar-refractivity contribution in [2.45, 2.75) is 18.7 Å². The zero-order chi connectivity index (χ0) is 23.6. The van der Waals surface area contributed by atoms with Gasteiger partial charge in [-0.25, -0.2) is 18.1 Å². The third-order valence-electron chi connectivity index (χ3n) is 5.65. The number of aryl methyl sites for hydroxylation is 1. The van der Waals surface area contributed by atoms with Crippen molar-refractivity contribution in [3.63, 3.8) is 0 Å². The number of carbonyl (C=O) groups excluding carboxylic acids is 1. The van der Waals surface area contributed by atoms with E-state index in [0.717, 1.165) is 35.0 Å². The maximum absolute atomic E-state index is 12.8. The number of thiazole rings is 1. The monoisotopic (exact) mass is 486 g/mol. The van der Waals surface area contributed by atoms with Gasteiger partial charge in [-0.3, -0.25) is 4.79 Å². The Hall–Kier alpha value is -2.79. The predicted molar refractivity (Wildman–Crippen MR) is 131 cm³/mol. The van der Waals surface area contributed by atoms with E-state index in [4.69, 9.17) is 9.72 Å². The number of benzene rings is 2. The Morgan fingerprint density at radius 1 is 1.12 bits per heavy atom. The topological polar surface area (TPSA) is 101 Å². The molecular weight excluding hydrogens is 460 g/mol. The summed E-state index contributed by atoms with van der Waals surface area (Å²) in [7, 11) is -2.32. The zero-order valence-corrected chi connectivity index (χ0v) is 20.3. The van der Waals surface area contributed by atoms with Gasteiger partial charge in [-0.05, 0) is 56.3 Å². The van der Waals surface area contributed by atoms with Gasteiger partial charge in [-0.15, -0.1) is 11.3 Å². The molecule has 33 heavy (non-hydrogen) atoms. The minimum Gasteiger partial charge on any atom is -0.378 e. The highest BCUT2D eigenvalue weighted by Crippen LogP contribution is 2.29. The third kappa shape index (κ3) is 5.09. The Bertz CT molecular complexity index is 1260. The number of nitrogens with zero attached hydrogens (tertiary/aromatic N) is 2. The molecule has 1 amide bonds. The highest BCUT2D eigenvalue weighted by molar-refractivity contribution is 7.89. The average molecular weight is 487 g/mol. The van der Waals surface area contributed by atoms with Gasteiger partial charge in [0, 0.05) is 35.3 Å². The van der Waals surface area contributed by atoms with Gasteiger partial charge in [0.1, 0.15) is 0 Å². The lowest BCUT2D eigenvalue weighted by molar-refractivity contribution is 0.102. The molecule has 0 atom stereocenters. The van der Waals surface area contributed by atoms with Crippen LogP contribution in [0.25, 0.3) is 11.3 Å². The standard InChI is InChI=1S/C23H26N4O4S2/c1-15-12-18(13-21(16(15)2)33(29,30)24-3)22(28)25-19-6-4-17(5-7-19)20-14-32-23(26-20)27-8-10-31-11-9-27/h4-7,12-14,24H,8-11H2,1-3H3,(H,25,28). The molecule has 2 heterocycles. The molecule has 3 aromatic rings. The number of ether oxygens (including phenoxy) is 1. The van der Waals surface area contributed by atoms with E-state index < -0.39 is 10.0 Å². The number of amides is 1. The summed E-state index contributed by atoms with van der Waals surface area (Å²) >= 11 is 1.61. The van der Waals surface area contributed by atoms with Crippen LogP contribution in [0.5, 0.6) is 0 Å². The summed E-state index contributed by atoms with van der Waals surface area (Å²) < 4.78 is 32.4. The first-order valence-corrected chi connectivity index (χ1v) is 12.9. The number of aromatic nitrogens is 1. The van der Waals surface area contributed by atoms with E-state index in [1.54, 1.807) is 31.3 Å². The molecule has 0 saturated carbocycles. The van der Waals surface area contributed by atoms with E-state index in [2.05, 4.69) is 14.9 Å². The fourth-order valence-electron chi connectivity index (χ4n) is 3.57. The van der Waals surface area contributed by atoms with Gasteiger partial charge in [0.25, 0.3) is 5.91 Å². The van der Waals surface area contributed by atoms with Gasteiger partial charge in [-0.2, -0.15) is 0 Å². The van der Waals surface area contributed by atoms with Crippen LogP contribution in [0.1, 0.15) is 21.5 Å². The van der Waals surface area contributed by atoms with Crippen molar-refractivity contribution in [3.8, 4) is 11.3 Å². The summed E-state index contributed by atoms with van der Waals surface area (Å²) in [5.74, 6) is -0.373. The van der Waals surface area contributed by atoms with Crippen LogP contribution in [-0.4, -0.2) is 52.7 Å². The van der Waals surface area contributed by atoms with Gasteiger partial charge in [0.15, 0.2) is 5.13 Å². The average Bonchev–Trinajstić information content (AvgIpc) is 3.32. The van der Waals surface area contributed by atoms with Crippen LogP contribution in [0.3, 0.4) is 0 Å². The first kappa shape index (κ1) is 23.4. The fourth-order valence-corrected chi connectivity index (χ4v) is 5.53. The van der Waals surface area contributed by atoms with E-state index in [9.17, 15) is 13.2 Å². The van der Waals surface area contributed by atoms with Gasteiger partial charge in [0.2, 0.25) is 10.0 Å². The minimum atomic E-state index is -3.67. The normalized spacial score (nSPS) is 14.3. The summed E-state index contributed by atoms with van der Waals surface area (Å²) in [4.78, 5) is 19.9. The van der Waals surface area contributed by atoms with Crippen molar-refractivity contribution in [2.75, 3.05) is 43.6 Å². The molecule has 0 aliphatic carbocycles. The molecule has 0 radical (unpaired) electrons. The smallest absolute Gasteiger partial charge is 0.255 e. The Kier molecular flexibility index (Phi) is 6.80. The molecule has 1 aliphatic rings. The van der Waals surface area contributed by atoms with Crippen molar-refractivity contribution in [2.24, 2.45) is 0 Å². The van der Waals surface area contributed by atoms with Crippen LogP contribution in [0.4, 0.5) is 10.8 Å². The van der Waals surface area contributed by atoms with E-state index in [-0.39, 0.29) is 16.4 Å². The third-order valence-corrected chi connectivity index (χ3v) is 8.09. The van der Waals surface area contributed by atoms with E-state index in [1.165, 1.54) is 13.1 Å². The number of anilines is 2. The fraction of sp³-hybridized carbons (Fsp3) is 0.304. The molecule has 0 spiro atoms. The summed E-state index contributed by atoms with van der Waals surface area (Å²) in [6, 6.07) is 10.5. The molecule has 2 aromatic carbocycles. The predicted octanol–water partition coefficient (Wildman–Crippen LogP) is 3.42. The molecule has 1 aliphatic heterocycles. The Morgan fingerprint density at radius 3 is 2.48 bits per heavy atom. The summed E-state index contributed by atoms with van der Waals surface area (Å²) in [5, 5.41) is 5.85. The van der Waals surface area contributed by atoms with Gasteiger partial charge in [0.05, 0.1) is 23.8 Å². The van der Waals surface area contributed by atoms with Crippen molar-refractivity contribution in [1.29, 1.82) is 0 Å². The zero-order valence-electron chi connectivity index (χ0n) is 18.7. The van der Waals surface area contributed by atoms with E-state index in [1.807, 2.05) is 29.6 Å². The molecule has 174 valence electrons. The maximum Gasteiger partial charge on any atom is 0.255 e. The lowest BCUT2D eigenvalue weighted by Gasteiger charge is -2.26. The molecule has 1 saturated heterocycles. The van der Waals surface area contributed by atoms with Crippen LogP contribution in [-0.2, 0) is 14.8 Å². The Morgan fingerprint density at radius 2 is 1.82 bits per heavy atom. The largest absolute Gasteiger partial charge is 0.378 e. The Balaban J connectivity index is 1.50. The molecule has 0 unspecified atom stereocenters. The van der Waals surface area contributed by atoms with Crippen molar-refractivity contribution in [3.05, 3.63) is 58.5 Å². The SMILES string of the molecule is CNS(=O)(=O)c1cc(C(=O)Nc2ccc(-c3csc(N4CCOCC4)n3)cc2)cc(C)c1C. The van der Waals surface area contributed by atoms with E-state index >= 15 is 0 Å². The number of rotatable bonds is 6. The number of sulfonamides is 1. The molecule has 10 heteroatoms. The number of hydrogen-bond donors (Lipinski definition) is 2. The second kappa shape index (κ2) is 9.60. The summed E-state index contributed by atoms with van der Waals surface area (Å²) in [5.41, 5.74) is 4.08. The quantitative estimate of drug-likeness (QED) is 0.554. The maximum atomic E-state index is 12.8. The first-order chi connectivity index (χ1) is 15.8. The molecule has 1 fully saturated rings. The lowest BCUT2D eigenvalue weighted by Crippen LogP contribution is -2.36. The second-order valence-electron chi connectivity index (χ2n) is 7.77. The van der Waals surface area contributed by atoms with Crippen LogP contribution >= 0.6 is 11.3 Å². The molecule has 0 bridgehead atoms. The first-order valence-electron chi connectivity index (χ1n) is 10.5. The lowest BCUT2D eigenvalue weighted by atomic mass is 10.1. The highest BCUT2D eigenvalue weighted by Gasteiger charge is 2.20. The minimum absolute atomic E-state index is 0.102. The van der Waals surface area contributed by atoms with Crippen molar-refractivity contribution in [1.82, 2.24) is 9.71 Å². The van der Waals surface area contributed by atoms with Gasteiger partial charge >= 0.3 is 0 Å².